The number of carbonyl (C=O) groups excluding carboxylic acids is 2. The van der Waals surface area contributed by atoms with Crippen LogP contribution < -0.4 is 5.32 Å². The first kappa shape index (κ1) is 22.5. The normalized spacial score (nSPS) is 12.4. The zero-order valence-electron chi connectivity index (χ0n) is 16.4. The van der Waals surface area contributed by atoms with Gasteiger partial charge in [0, 0.05) is 13.1 Å². The number of hydrogen-bond acceptors (Lipinski definition) is 5. The highest BCUT2D eigenvalue weighted by Gasteiger charge is 2.24. The Labute approximate surface area is 169 Å². The van der Waals surface area contributed by atoms with Crippen molar-refractivity contribution in [3.8, 4) is 0 Å². The molecule has 0 unspecified atom stereocenters. The van der Waals surface area contributed by atoms with Crippen LogP contribution in [0.4, 0.5) is 10.1 Å². The Kier molecular flexibility index (Phi) is 7.46. The Hall–Kier alpha value is -2.78. The first-order valence-corrected chi connectivity index (χ1v) is 10.5. The lowest BCUT2D eigenvalue weighted by molar-refractivity contribution is -0.123. The molecule has 0 saturated heterocycles. The maximum atomic E-state index is 13.6. The van der Waals surface area contributed by atoms with Crippen LogP contribution in [-0.4, -0.2) is 43.8 Å². The summed E-state index contributed by atoms with van der Waals surface area (Å²) in [5.41, 5.74) is -0.0449. The van der Waals surface area contributed by atoms with Crippen LogP contribution in [0.3, 0.4) is 0 Å². The quantitative estimate of drug-likeness (QED) is 0.660. The summed E-state index contributed by atoms with van der Waals surface area (Å²) < 4.78 is 45.2. The smallest absolute Gasteiger partial charge is 0.338 e. The largest absolute Gasteiger partial charge is 0.449 e. The third kappa shape index (κ3) is 5.39. The standard InChI is InChI=1S/C20H23FN2O5S/c1-4-23(5-2)29(26,27)16-10-8-9-15(13-16)20(25)28-14(3)19(24)22-18-12-7-6-11-17(18)21/h6-14H,4-5H2,1-3H3,(H,22,24)/t14-/m0/s1. The molecule has 0 aliphatic carbocycles. The molecule has 0 spiro atoms. The molecule has 0 radical (unpaired) electrons. The fraction of sp³-hybridized carbons (Fsp3) is 0.300. The number of sulfonamides is 1. The number of anilines is 1. The topological polar surface area (TPSA) is 92.8 Å². The SMILES string of the molecule is CCN(CC)S(=O)(=O)c1cccc(C(=O)O[C@@H](C)C(=O)Nc2ccccc2F)c1. The van der Waals surface area contributed by atoms with E-state index in [4.69, 9.17) is 4.74 Å². The van der Waals surface area contributed by atoms with E-state index in [1.54, 1.807) is 19.9 Å². The molecule has 29 heavy (non-hydrogen) atoms. The van der Waals surface area contributed by atoms with Gasteiger partial charge in [-0.1, -0.05) is 32.0 Å². The zero-order valence-corrected chi connectivity index (χ0v) is 17.2. The van der Waals surface area contributed by atoms with E-state index in [-0.39, 0.29) is 16.1 Å². The Morgan fingerprint density at radius 2 is 1.76 bits per heavy atom. The van der Waals surface area contributed by atoms with Crippen LogP contribution in [0.15, 0.2) is 53.4 Å². The van der Waals surface area contributed by atoms with Crippen molar-refractivity contribution in [2.45, 2.75) is 31.8 Å². The average molecular weight is 422 g/mol. The lowest BCUT2D eigenvalue weighted by Crippen LogP contribution is -2.31. The third-order valence-corrected chi connectivity index (χ3v) is 6.24. The van der Waals surface area contributed by atoms with Gasteiger partial charge in [-0.05, 0) is 37.3 Å². The van der Waals surface area contributed by atoms with Gasteiger partial charge in [0.25, 0.3) is 5.91 Å². The molecule has 7 nitrogen and oxygen atoms in total. The first-order valence-electron chi connectivity index (χ1n) is 9.07. The molecular formula is C20H23FN2O5S. The van der Waals surface area contributed by atoms with Gasteiger partial charge in [0.2, 0.25) is 10.0 Å². The number of benzene rings is 2. The van der Waals surface area contributed by atoms with Crippen molar-refractivity contribution in [1.82, 2.24) is 4.31 Å². The minimum atomic E-state index is -3.74. The highest BCUT2D eigenvalue weighted by molar-refractivity contribution is 7.89. The summed E-state index contributed by atoms with van der Waals surface area (Å²) in [5, 5.41) is 2.34. The Bertz CT molecular complexity index is 990. The van der Waals surface area contributed by atoms with E-state index in [2.05, 4.69) is 5.32 Å². The number of carbonyl (C=O) groups is 2. The van der Waals surface area contributed by atoms with E-state index in [1.807, 2.05) is 0 Å². The molecule has 2 aromatic carbocycles. The molecule has 0 aliphatic rings. The summed E-state index contributed by atoms with van der Waals surface area (Å²) in [6.45, 7) is 5.36. The van der Waals surface area contributed by atoms with E-state index in [9.17, 15) is 22.4 Å². The number of para-hydroxylation sites is 1. The van der Waals surface area contributed by atoms with E-state index in [0.717, 1.165) is 0 Å². The van der Waals surface area contributed by atoms with Gasteiger partial charge in [-0.15, -0.1) is 0 Å². The average Bonchev–Trinajstić information content (AvgIpc) is 2.70. The van der Waals surface area contributed by atoms with E-state index in [0.29, 0.717) is 13.1 Å². The molecule has 0 aromatic heterocycles. The summed E-state index contributed by atoms with van der Waals surface area (Å²) in [4.78, 5) is 24.5. The summed E-state index contributed by atoms with van der Waals surface area (Å²) in [7, 11) is -3.74. The molecule has 0 saturated carbocycles. The Morgan fingerprint density at radius 1 is 1.10 bits per heavy atom. The third-order valence-electron chi connectivity index (χ3n) is 4.20. The van der Waals surface area contributed by atoms with Crippen LogP contribution in [0.2, 0.25) is 0 Å². The lowest BCUT2D eigenvalue weighted by Gasteiger charge is -2.19. The molecule has 2 rings (SSSR count). The second-order valence-corrected chi connectivity index (χ2v) is 8.07. The highest BCUT2D eigenvalue weighted by Crippen LogP contribution is 2.18. The lowest BCUT2D eigenvalue weighted by atomic mass is 10.2. The first-order chi connectivity index (χ1) is 13.7. The van der Waals surface area contributed by atoms with Gasteiger partial charge in [0.15, 0.2) is 6.10 Å². The predicted octanol–water partition coefficient (Wildman–Crippen LogP) is 3.04. The van der Waals surface area contributed by atoms with E-state index in [1.165, 1.54) is 53.7 Å². The molecule has 0 fully saturated rings. The number of rotatable bonds is 8. The maximum absolute atomic E-state index is 13.6. The van der Waals surface area contributed by atoms with Gasteiger partial charge in [0.1, 0.15) is 5.82 Å². The molecule has 156 valence electrons. The van der Waals surface area contributed by atoms with Crippen molar-refractivity contribution in [1.29, 1.82) is 0 Å². The van der Waals surface area contributed by atoms with E-state index >= 15 is 0 Å². The van der Waals surface area contributed by atoms with Gasteiger partial charge in [-0.2, -0.15) is 4.31 Å². The van der Waals surface area contributed by atoms with Crippen molar-refractivity contribution < 1.29 is 27.1 Å². The summed E-state index contributed by atoms with van der Waals surface area (Å²) >= 11 is 0. The number of nitrogens with one attached hydrogen (secondary N) is 1. The van der Waals surface area contributed by atoms with Crippen molar-refractivity contribution >= 4 is 27.6 Å². The van der Waals surface area contributed by atoms with Crippen molar-refractivity contribution in [3.05, 3.63) is 59.9 Å². The maximum Gasteiger partial charge on any atom is 0.338 e. The zero-order chi connectivity index (χ0) is 21.6. The van der Waals surface area contributed by atoms with Crippen LogP contribution in [0, 0.1) is 5.82 Å². The molecule has 1 atom stereocenters. The molecule has 0 bridgehead atoms. The van der Waals surface area contributed by atoms with Crippen LogP contribution in [0.25, 0.3) is 0 Å². The fourth-order valence-electron chi connectivity index (χ4n) is 2.58. The number of hydrogen-bond donors (Lipinski definition) is 1. The number of esters is 1. The summed E-state index contributed by atoms with van der Waals surface area (Å²) in [6, 6.07) is 11.0. The second-order valence-electron chi connectivity index (χ2n) is 6.13. The van der Waals surface area contributed by atoms with Gasteiger partial charge in [-0.3, -0.25) is 4.79 Å². The minimum absolute atomic E-state index is 0.0104. The molecule has 1 amide bonds. The fourth-order valence-corrected chi connectivity index (χ4v) is 4.08. The molecule has 9 heteroatoms. The Balaban J connectivity index is 2.13. The molecule has 0 heterocycles. The second kappa shape index (κ2) is 9.62. The number of nitrogens with zero attached hydrogens (tertiary/aromatic N) is 1. The van der Waals surface area contributed by atoms with Gasteiger partial charge >= 0.3 is 5.97 Å². The molecule has 0 aliphatic heterocycles. The number of halogens is 1. The van der Waals surface area contributed by atoms with E-state index < -0.39 is 33.8 Å². The van der Waals surface area contributed by atoms with Crippen LogP contribution in [0.5, 0.6) is 0 Å². The van der Waals surface area contributed by atoms with Crippen molar-refractivity contribution in [2.24, 2.45) is 0 Å². The van der Waals surface area contributed by atoms with Gasteiger partial charge in [0.05, 0.1) is 16.1 Å². The van der Waals surface area contributed by atoms with Gasteiger partial charge < -0.3 is 10.1 Å². The van der Waals surface area contributed by atoms with Crippen LogP contribution in [-0.2, 0) is 19.6 Å². The van der Waals surface area contributed by atoms with Crippen molar-refractivity contribution in [3.63, 3.8) is 0 Å². The summed E-state index contributed by atoms with van der Waals surface area (Å²) in [5.74, 6) is -2.19. The predicted molar refractivity (Wildman–Crippen MR) is 106 cm³/mol. The van der Waals surface area contributed by atoms with Crippen LogP contribution in [0.1, 0.15) is 31.1 Å². The molecule has 1 N–H and O–H groups in total. The molecule has 2 aromatic rings. The van der Waals surface area contributed by atoms with Gasteiger partial charge in [-0.25, -0.2) is 17.6 Å². The molecular weight excluding hydrogens is 399 g/mol. The summed E-state index contributed by atoms with van der Waals surface area (Å²) in [6.07, 6.45) is -1.22. The minimum Gasteiger partial charge on any atom is -0.449 e. The number of amides is 1. The van der Waals surface area contributed by atoms with Crippen molar-refractivity contribution in [2.75, 3.05) is 18.4 Å². The highest BCUT2D eigenvalue weighted by atomic mass is 32.2. The number of ether oxygens (including phenoxy) is 1. The monoisotopic (exact) mass is 422 g/mol. The van der Waals surface area contributed by atoms with Crippen LogP contribution >= 0.6 is 0 Å². The Morgan fingerprint density at radius 3 is 2.38 bits per heavy atom.